The Morgan fingerprint density at radius 1 is 1.32 bits per heavy atom. The summed E-state index contributed by atoms with van der Waals surface area (Å²) in [5.74, 6) is 0.756. The van der Waals surface area contributed by atoms with Gasteiger partial charge in [0, 0.05) is 45.0 Å². The molecule has 0 amide bonds. The molecule has 1 heterocycles. The van der Waals surface area contributed by atoms with Crippen molar-refractivity contribution in [2.45, 2.75) is 53.5 Å². The second-order valence-electron chi connectivity index (χ2n) is 6.89. The molecule has 1 aromatic heterocycles. The molecule has 0 saturated heterocycles. The van der Waals surface area contributed by atoms with E-state index < -0.39 is 10.0 Å². The summed E-state index contributed by atoms with van der Waals surface area (Å²) in [6.45, 7) is 12.4. The fourth-order valence-corrected chi connectivity index (χ4v) is 3.95. The van der Waals surface area contributed by atoms with Gasteiger partial charge in [0.15, 0.2) is 5.96 Å². The Morgan fingerprint density at radius 2 is 1.96 bits per heavy atom. The zero-order valence-electron chi connectivity index (χ0n) is 18.2. The lowest BCUT2D eigenvalue weighted by atomic mass is 10.1. The van der Waals surface area contributed by atoms with Gasteiger partial charge in [-0.25, -0.2) is 12.7 Å². The minimum atomic E-state index is -3.14. The second kappa shape index (κ2) is 12.6. The van der Waals surface area contributed by atoms with Crippen LogP contribution in [0.3, 0.4) is 0 Å². The molecule has 10 heteroatoms. The first kappa shape index (κ1) is 27.1. The molecule has 0 aliphatic heterocycles. The van der Waals surface area contributed by atoms with E-state index in [0.717, 1.165) is 24.6 Å². The van der Waals surface area contributed by atoms with Crippen LogP contribution in [0.15, 0.2) is 4.99 Å². The molecule has 0 aliphatic rings. The standard InChI is InChI=1S/C18H36N6O2S.HI/c1-8-19-18(20-11-10-12-24(9-2)27(7,25)26)21-14(3)13-17-15(4)22-23(6)16(17)5;/h14H,8-13H2,1-7H3,(H2,19,20,21);1H. The van der Waals surface area contributed by atoms with Crippen LogP contribution < -0.4 is 10.6 Å². The van der Waals surface area contributed by atoms with Crippen molar-refractivity contribution in [2.75, 3.05) is 32.4 Å². The van der Waals surface area contributed by atoms with Crippen LogP contribution in [0, 0.1) is 13.8 Å². The molecule has 1 atom stereocenters. The molecular weight excluding hydrogens is 491 g/mol. The molecular formula is C18H37IN6O2S. The molecule has 164 valence electrons. The maximum atomic E-state index is 11.6. The molecule has 0 spiro atoms. The van der Waals surface area contributed by atoms with Crippen LogP contribution in [0.1, 0.15) is 44.1 Å². The average Bonchev–Trinajstić information content (AvgIpc) is 2.80. The van der Waals surface area contributed by atoms with Crippen molar-refractivity contribution < 1.29 is 8.42 Å². The van der Waals surface area contributed by atoms with Gasteiger partial charge in [0.25, 0.3) is 0 Å². The van der Waals surface area contributed by atoms with E-state index in [-0.39, 0.29) is 30.0 Å². The highest BCUT2D eigenvalue weighted by Crippen LogP contribution is 2.14. The van der Waals surface area contributed by atoms with Crippen molar-refractivity contribution >= 4 is 40.0 Å². The molecule has 0 aromatic carbocycles. The number of aryl methyl sites for hydroxylation is 2. The molecule has 0 aliphatic carbocycles. The van der Waals surface area contributed by atoms with E-state index in [1.54, 1.807) is 0 Å². The van der Waals surface area contributed by atoms with Gasteiger partial charge in [-0.3, -0.25) is 9.67 Å². The van der Waals surface area contributed by atoms with Gasteiger partial charge in [-0.1, -0.05) is 6.92 Å². The largest absolute Gasteiger partial charge is 0.357 e. The summed E-state index contributed by atoms with van der Waals surface area (Å²) in [5, 5.41) is 11.2. The molecule has 0 radical (unpaired) electrons. The van der Waals surface area contributed by atoms with Gasteiger partial charge in [0.2, 0.25) is 10.0 Å². The number of aromatic nitrogens is 2. The number of rotatable bonds is 10. The predicted molar refractivity (Wildman–Crippen MR) is 127 cm³/mol. The molecule has 1 rings (SSSR count). The number of halogens is 1. The second-order valence-corrected chi connectivity index (χ2v) is 8.87. The summed E-state index contributed by atoms with van der Waals surface area (Å²) in [6, 6.07) is 0.201. The Kier molecular flexibility index (Phi) is 12.2. The van der Waals surface area contributed by atoms with Crippen LogP contribution >= 0.6 is 24.0 Å². The quantitative estimate of drug-likeness (QED) is 0.209. The Morgan fingerprint density at radius 3 is 2.43 bits per heavy atom. The van der Waals surface area contributed by atoms with Gasteiger partial charge in [0.1, 0.15) is 0 Å². The predicted octanol–water partition coefficient (Wildman–Crippen LogP) is 1.81. The number of guanidine groups is 1. The number of hydrogen-bond acceptors (Lipinski definition) is 4. The zero-order chi connectivity index (χ0) is 20.6. The monoisotopic (exact) mass is 528 g/mol. The lowest BCUT2D eigenvalue weighted by molar-refractivity contribution is 0.427. The lowest BCUT2D eigenvalue weighted by Crippen LogP contribution is -2.43. The first-order valence-corrected chi connectivity index (χ1v) is 11.4. The van der Waals surface area contributed by atoms with Crippen molar-refractivity contribution in [3.63, 3.8) is 0 Å². The summed E-state index contributed by atoms with van der Waals surface area (Å²) in [5.41, 5.74) is 3.51. The first-order chi connectivity index (χ1) is 12.6. The van der Waals surface area contributed by atoms with E-state index >= 15 is 0 Å². The Labute approximate surface area is 187 Å². The normalized spacial score (nSPS) is 13.4. The zero-order valence-corrected chi connectivity index (χ0v) is 21.4. The maximum Gasteiger partial charge on any atom is 0.211 e. The van der Waals surface area contributed by atoms with E-state index in [1.165, 1.54) is 21.8 Å². The molecule has 8 nitrogen and oxygen atoms in total. The summed E-state index contributed by atoms with van der Waals surface area (Å²) >= 11 is 0. The molecule has 0 bridgehead atoms. The minimum absolute atomic E-state index is 0. The van der Waals surface area contributed by atoms with Crippen LogP contribution in [0.25, 0.3) is 0 Å². The van der Waals surface area contributed by atoms with Crippen LogP contribution in [-0.2, 0) is 23.5 Å². The minimum Gasteiger partial charge on any atom is -0.357 e. The summed E-state index contributed by atoms with van der Waals surface area (Å²) in [4.78, 5) is 4.59. The van der Waals surface area contributed by atoms with Crippen LogP contribution in [0.4, 0.5) is 0 Å². The third-order valence-electron chi connectivity index (χ3n) is 4.55. The highest BCUT2D eigenvalue weighted by atomic mass is 127. The van der Waals surface area contributed by atoms with Gasteiger partial charge in [-0.2, -0.15) is 5.10 Å². The van der Waals surface area contributed by atoms with E-state index in [0.29, 0.717) is 26.1 Å². The van der Waals surface area contributed by atoms with E-state index in [1.807, 2.05) is 32.5 Å². The average molecular weight is 529 g/mol. The highest BCUT2D eigenvalue weighted by Gasteiger charge is 2.15. The molecule has 0 saturated carbocycles. The fraction of sp³-hybridized carbons (Fsp3) is 0.778. The third-order valence-corrected chi connectivity index (χ3v) is 5.93. The molecule has 0 fully saturated rings. The lowest BCUT2D eigenvalue weighted by Gasteiger charge is -2.19. The molecule has 1 aromatic rings. The van der Waals surface area contributed by atoms with Gasteiger partial charge in [-0.05, 0) is 46.1 Å². The third kappa shape index (κ3) is 8.64. The smallest absolute Gasteiger partial charge is 0.211 e. The number of nitrogens with one attached hydrogen (secondary N) is 2. The summed E-state index contributed by atoms with van der Waals surface area (Å²) < 4.78 is 26.6. The Bertz CT molecular complexity index is 733. The summed E-state index contributed by atoms with van der Waals surface area (Å²) in [7, 11) is -1.18. The molecule has 2 N–H and O–H groups in total. The van der Waals surface area contributed by atoms with Crippen LogP contribution in [0.5, 0.6) is 0 Å². The SMILES string of the molecule is CCNC(=NCCCN(CC)S(C)(=O)=O)NC(C)Cc1c(C)nn(C)c1C.I. The Hall–Kier alpha value is -0.880. The van der Waals surface area contributed by atoms with Crippen LogP contribution in [-0.4, -0.2) is 66.9 Å². The van der Waals surface area contributed by atoms with Crippen molar-refractivity contribution in [1.82, 2.24) is 24.7 Å². The first-order valence-electron chi connectivity index (χ1n) is 9.59. The van der Waals surface area contributed by atoms with E-state index in [9.17, 15) is 8.42 Å². The van der Waals surface area contributed by atoms with Gasteiger partial charge in [-0.15, -0.1) is 24.0 Å². The van der Waals surface area contributed by atoms with Crippen molar-refractivity contribution in [1.29, 1.82) is 0 Å². The molecule has 28 heavy (non-hydrogen) atoms. The number of aliphatic imine (C=N–C) groups is 1. The highest BCUT2D eigenvalue weighted by molar-refractivity contribution is 14.0. The van der Waals surface area contributed by atoms with Crippen LogP contribution in [0.2, 0.25) is 0 Å². The van der Waals surface area contributed by atoms with Crippen molar-refractivity contribution in [3.8, 4) is 0 Å². The number of sulfonamides is 1. The summed E-state index contributed by atoms with van der Waals surface area (Å²) in [6.07, 6.45) is 2.80. The maximum absolute atomic E-state index is 11.6. The fourth-order valence-electron chi connectivity index (χ4n) is 3.02. The number of nitrogens with zero attached hydrogens (tertiary/aromatic N) is 4. The van der Waals surface area contributed by atoms with Gasteiger partial charge in [0.05, 0.1) is 11.9 Å². The van der Waals surface area contributed by atoms with E-state index in [2.05, 4.69) is 34.6 Å². The molecule has 1 unspecified atom stereocenters. The van der Waals surface area contributed by atoms with E-state index in [4.69, 9.17) is 0 Å². The van der Waals surface area contributed by atoms with Crippen molar-refractivity contribution in [3.05, 3.63) is 17.0 Å². The van der Waals surface area contributed by atoms with Crippen molar-refractivity contribution in [2.24, 2.45) is 12.0 Å². The Balaban J connectivity index is 0.00000729. The topological polar surface area (TPSA) is 91.6 Å². The van der Waals surface area contributed by atoms with Gasteiger partial charge >= 0.3 is 0 Å². The van der Waals surface area contributed by atoms with Gasteiger partial charge < -0.3 is 10.6 Å². The number of hydrogen-bond donors (Lipinski definition) is 2.